The number of amides is 2. The van der Waals surface area contributed by atoms with E-state index in [0.29, 0.717) is 17.7 Å². The van der Waals surface area contributed by atoms with Gasteiger partial charge in [0, 0.05) is 43.9 Å². The molecule has 0 radical (unpaired) electrons. The molecule has 2 aliphatic heterocycles. The van der Waals surface area contributed by atoms with Crippen molar-refractivity contribution in [2.45, 2.75) is 12.5 Å². The molecule has 0 bridgehead atoms. The Kier molecular flexibility index (Phi) is 4.81. The number of para-hydroxylation sites is 1. The normalized spacial score (nSPS) is 19.3. The summed E-state index contributed by atoms with van der Waals surface area (Å²) in [5.74, 6) is 0.566. The van der Waals surface area contributed by atoms with Crippen LogP contribution < -0.4 is 10.1 Å². The van der Waals surface area contributed by atoms with Crippen molar-refractivity contribution in [3.8, 4) is 5.75 Å². The first-order valence-electron chi connectivity index (χ1n) is 9.23. The number of carbonyl (C=O) groups is 2. The van der Waals surface area contributed by atoms with Crippen molar-refractivity contribution >= 4 is 17.5 Å². The molecule has 6 nitrogen and oxygen atoms in total. The van der Waals surface area contributed by atoms with Gasteiger partial charge in [0.25, 0.3) is 11.8 Å². The molecule has 1 saturated heterocycles. The van der Waals surface area contributed by atoms with E-state index in [-0.39, 0.29) is 11.8 Å². The highest BCUT2D eigenvalue weighted by Gasteiger charge is 2.29. The van der Waals surface area contributed by atoms with Crippen molar-refractivity contribution in [3.63, 3.8) is 0 Å². The predicted octanol–water partition coefficient (Wildman–Crippen LogP) is 2.02. The van der Waals surface area contributed by atoms with Crippen LogP contribution in [0.5, 0.6) is 5.75 Å². The fourth-order valence-electron chi connectivity index (χ4n) is 3.47. The van der Waals surface area contributed by atoms with E-state index in [9.17, 15) is 9.59 Å². The maximum Gasteiger partial charge on any atom is 0.265 e. The second-order valence-electron chi connectivity index (χ2n) is 7.08. The maximum absolute atomic E-state index is 12.7. The van der Waals surface area contributed by atoms with E-state index in [1.807, 2.05) is 29.2 Å². The summed E-state index contributed by atoms with van der Waals surface area (Å²) in [6.45, 7) is 3.20. The minimum absolute atomic E-state index is 0.00344. The Bertz CT molecular complexity index is 834. The zero-order valence-corrected chi connectivity index (χ0v) is 15.4. The molecule has 2 heterocycles. The molecule has 140 valence electrons. The highest BCUT2D eigenvalue weighted by atomic mass is 16.5. The second-order valence-corrected chi connectivity index (χ2v) is 7.08. The Morgan fingerprint density at radius 3 is 2.59 bits per heavy atom. The molecule has 1 fully saturated rings. The Morgan fingerprint density at radius 2 is 1.81 bits per heavy atom. The largest absolute Gasteiger partial charge is 0.480 e. The van der Waals surface area contributed by atoms with Gasteiger partial charge in [0.05, 0.1) is 0 Å². The van der Waals surface area contributed by atoms with E-state index < -0.39 is 6.10 Å². The highest BCUT2D eigenvalue weighted by molar-refractivity contribution is 5.98. The number of fused-ring (bicyclic) bond motifs is 1. The first kappa shape index (κ1) is 17.5. The quantitative estimate of drug-likeness (QED) is 0.904. The fourth-order valence-corrected chi connectivity index (χ4v) is 3.47. The minimum Gasteiger partial charge on any atom is -0.480 e. The van der Waals surface area contributed by atoms with Gasteiger partial charge in [-0.15, -0.1) is 0 Å². The van der Waals surface area contributed by atoms with Gasteiger partial charge in [-0.25, -0.2) is 0 Å². The minimum atomic E-state index is -0.542. The SMILES string of the molecule is CN1CCN(C(=O)c2cccc(NC(=O)C3Cc4ccccc4O3)c2)CC1. The summed E-state index contributed by atoms with van der Waals surface area (Å²) in [6.07, 6.45) is 0.0152. The Labute approximate surface area is 158 Å². The van der Waals surface area contributed by atoms with Gasteiger partial charge in [-0.2, -0.15) is 0 Å². The molecule has 1 N–H and O–H groups in total. The summed E-state index contributed by atoms with van der Waals surface area (Å²) in [5, 5.41) is 2.88. The molecule has 0 aromatic heterocycles. The lowest BCUT2D eigenvalue weighted by molar-refractivity contribution is -0.122. The van der Waals surface area contributed by atoms with Crippen molar-refractivity contribution in [1.82, 2.24) is 9.80 Å². The van der Waals surface area contributed by atoms with Crippen LogP contribution in [0.1, 0.15) is 15.9 Å². The maximum atomic E-state index is 12.7. The number of hydrogen-bond acceptors (Lipinski definition) is 4. The topological polar surface area (TPSA) is 61.9 Å². The first-order chi connectivity index (χ1) is 13.1. The van der Waals surface area contributed by atoms with Crippen LogP contribution in [-0.4, -0.2) is 60.9 Å². The molecule has 6 heteroatoms. The summed E-state index contributed by atoms with van der Waals surface area (Å²) in [6, 6.07) is 14.8. The number of piperazine rings is 1. The average Bonchev–Trinajstić information content (AvgIpc) is 3.13. The average molecular weight is 365 g/mol. The molecule has 0 saturated carbocycles. The number of rotatable bonds is 3. The monoisotopic (exact) mass is 365 g/mol. The van der Waals surface area contributed by atoms with Gasteiger partial charge in [0.2, 0.25) is 0 Å². The van der Waals surface area contributed by atoms with Gasteiger partial charge in [-0.1, -0.05) is 24.3 Å². The summed E-state index contributed by atoms with van der Waals surface area (Å²) < 4.78 is 5.73. The van der Waals surface area contributed by atoms with Crippen LogP contribution in [0.4, 0.5) is 5.69 Å². The number of nitrogens with zero attached hydrogens (tertiary/aromatic N) is 2. The number of benzene rings is 2. The zero-order valence-electron chi connectivity index (χ0n) is 15.4. The molecule has 4 rings (SSSR count). The van der Waals surface area contributed by atoms with Crippen molar-refractivity contribution in [1.29, 1.82) is 0 Å². The predicted molar refractivity (Wildman–Crippen MR) is 103 cm³/mol. The third-order valence-electron chi connectivity index (χ3n) is 5.11. The molecule has 27 heavy (non-hydrogen) atoms. The van der Waals surface area contributed by atoms with E-state index in [0.717, 1.165) is 37.5 Å². The fraction of sp³-hybridized carbons (Fsp3) is 0.333. The van der Waals surface area contributed by atoms with Crippen LogP contribution in [0.25, 0.3) is 0 Å². The molecular weight excluding hydrogens is 342 g/mol. The van der Waals surface area contributed by atoms with Crippen molar-refractivity contribution < 1.29 is 14.3 Å². The molecular formula is C21H23N3O3. The lowest BCUT2D eigenvalue weighted by Crippen LogP contribution is -2.47. The van der Waals surface area contributed by atoms with Gasteiger partial charge in [-0.3, -0.25) is 9.59 Å². The number of carbonyl (C=O) groups excluding carboxylic acids is 2. The van der Waals surface area contributed by atoms with Gasteiger partial charge >= 0.3 is 0 Å². The van der Waals surface area contributed by atoms with Gasteiger partial charge in [0.1, 0.15) is 5.75 Å². The van der Waals surface area contributed by atoms with E-state index in [4.69, 9.17) is 4.74 Å². The molecule has 1 atom stereocenters. The zero-order chi connectivity index (χ0) is 18.8. The van der Waals surface area contributed by atoms with Crippen molar-refractivity contribution in [3.05, 3.63) is 59.7 Å². The summed E-state index contributed by atoms with van der Waals surface area (Å²) in [7, 11) is 2.06. The molecule has 2 aromatic rings. The van der Waals surface area contributed by atoms with Crippen molar-refractivity contribution in [2.24, 2.45) is 0 Å². The number of ether oxygens (including phenoxy) is 1. The van der Waals surface area contributed by atoms with Gasteiger partial charge < -0.3 is 19.9 Å². The number of nitrogens with one attached hydrogen (secondary N) is 1. The molecule has 0 aliphatic carbocycles. The number of hydrogen-bond donors (Lipinski definition) is 1. The lowest BCUT2D eigenvalue weighted by atomic mass is 10.1. The Morgan fingerprint density at radius 1 is 1.04 bits per heavy atom. The van der Waals surface area contributed by atoms with Crippen LogP contribution >= 0.6 is 0 Å². The standard InChI is InChI=1S/C21H23N3O3/c1-23-9-11-24(12-10-23)21(26)16-6-4-7-17(13-16)22-20(25)19-14-15-5-2-3-8-18(15)27-19/h2-8,13,19H,9-12,14H2,1H3,(H,22,25). The van der Waals surface area contributed by atoms with E-state index >= 15 is 0 Å². The summed E-state index contributed by atoms with van der Waals surface area (Å²) in [5.41, 5.74) is 2.24. The van der Waals surface area contributed by atoms with Crippen LogP contribution in [-0.2, 0) is 11.2 Å². The van der Waals surface area contributed by atoms with Crippen LogP contribution in [0.3, 0.4) is 0 Å². The van der Waals surface area contributed by atoms with E-state index in [1.165, 1.54) is 0 Å². The molecule has 2 aliphatic rings. The molecule has 1 unspecified atom stereocenters. The highest BCUT2D eigenvalue weighted by Crippen LogP contribution is 2.28. The lowest BCUT2D eigenvalue weighted by Gasteiger charge is -2.32. The van der Waals surface area contributed by atoms with Gasteiger partial charge in [-0.05, 0) is 36.9 Å². The summed E-state index contributed by atoms with van der Waals surface area (Å²) >= 11 is 0. The smallest absolute Gasteiger partial charge is 0.265 e. The van der Waals surface area contributed by atoms with Crippen LogP contribution in [0.2, 0.25) is 0 Å². The van der Waals surface area contributed by atoms with E-state index in [1.54, 1.807) is 24.3 Å². The summed E-state index contributed by atoms with van der Waals surface area (Å²) in [4.78, 5) is 29.4. The second kappa shape index (κ2) is 7.40. The first-order valence-corrected chi connectivity index (χ1v) is 9.23. The van der Waals surface area contributed by atoms with E-state index in [2.05, 4.69) is 17.3 Å². The van der Waals surface area contributed by atoms with Gasteiger partial charge in [0.15, 0.2) is 6.10 Å². The molecule has 2 amide bonds. The van der Waals surface area contributed by atoms with Crippen molar-refractivity contribution in [2.75, 3.05) is 38.5 Å². The third-order valence-corrected chi connectivity index (χ3v) is 5.11. The number of anilines is 1. The number of likely N-dealkylation sites (N-methyl/N-ethyl adjacent to an activating group) is 1. The molecule has 0 spiro atoms. The van der Waals surface area contributed by atoms with Crippen LogP contribution in [0.15, 0.2) is 48.5 Å². The Balaban J connectivity index is 1.41. The van der Waals surface area contributed by atoms with Crippen LogP contribution in [0, 0.1) is 0 Å². The third kappa shape index (κ3) is 3.80. The Hall–Kier alpha value is -2.86. The molecule has 2 aromatic carbocycles.